The fourth-order valence-electron chi connectivity index (χ4n) is 1.13. The third kappa shape index (κ3) is 4.61. The number of hydrogen-bond donors (Lipinski definition) is 0. The third-order valence-corrected chi connectivity index (χ3v) is 1.82. The van der Waals surface area contributed by atoms with Crippen LogP contribution in [0.5, 0.6) is 11.5 Å². The van der Waals surface area contributed by atoms with Crippen molar-refractivity contribution in [3.63, 3.8) is 0 Å². The first kappa shape index (κ1) is 13.6. The summed E-state index contributed by atoms with van der Waals surface area (Å²) in [5, 5.41) is 0. The first-order chi connectivity index (χ1) is 8.51. The molecule has 0 aliphatic heterocycles. The van der Waals surface area contributed by atoms with Crippen molar-refractivity contribution in [2.75, 3.05) is 0 Å². The van der Waals surface area contributed by atoms with Crippen molar-refractivity contribution in [1.29, 1.82) is 0 Å². The van der Waals surface area contributed by atoms with E-state index >= 15 is 0 Å². The van der Waals surface area contributed by atoms with Gasteiger partial charge in [0.25, 0.3) is 0 Å². The molecular weight excluding hydrogens is 236 g/mol. The summed E-state index contributed by atoms with van der Waals surface area (Å²) in [6.45, 7) is 4.56. The molecule has 1 rings (SSSR count). The lowest BCUT2D eigenvalue weighted by Crippen LogP contribution is -2.12. The van der Waals surface area contributed by atoms with Crippen molar-refractivity contribution in [3.8, 4) is 11.5 Å². The highest BCUT2D eigenvalue weighted by Crippen LogP contribution is 2.20. The van der Waals surface area contributed by atoms with E-state index in [9.17, 15) is 14.4 Å². The number of hydrogen-bond acceptors (Lipinski definition) is 5. The molecule has 0 atom stereocenters. The van der Waals surface area contributed by atoms with E-state index in [1.807, 2.05) is 0 Å². The number of benzene rings is 1. The maximum atomic E-state index is 11.2. The molecule has 18 heavy (non-hydrogen) atoms. The van der Waals surface area contributed by atoms with Crippen LogP contribution in [0.3, 0.4) is 0 Å². The van der Waals surface area contributed by atoms with E-state index in [0.29, 0.717) is 0 Å². The standard InChI is InChI=1S/C13H12O5/c1-3-12(15)17-10-5-4-6-11(8-10)18-13(16)7-9(2)14/h3-6,8H,1,7H2,2H3. The zero-order chi connectivity index (χ0) is 13.5. The molecule has 94 valence electrons. The summed E-state index contributed by atoms with van der Waals surface area (Å²) in [6, 6.07) is 5.98. The number of ketones is 1. The molecule has 5 heteroatoms. The Kier molecular flexibility index (Phi) is 4.80. The number of carbonyl (C=O) groups is 3. The van der Waals surface area contributed by atoms with E-state index in [-0.39, 0.29) is 23.7 Å². The van der Waals surface area contributed by atoms with Crippen LogP contribution in [-0.4, -0.2) is 17.7 Å². The highest BCUT2D eigenvalue weighted by Gasteiger charge is 2.09. The van der Waals surface area contributed by atoms with Crippen LogP contribution in [-0.2, 0) is 14.4 Å². The van der Waals surface area contributed by atoms with E-state index in [0.717, 1.165) is 6.08 Å². The number of Topliss-reactive ketones (excluding diaryl/α,β-unsaturated/α-hetero) is 1. The van der Waals surface area contributed by atoms with Gasteiger partial charge in [-0.2, -0.15) is 0 Å². The Hall–Kier alpha value is -2.43. The fourth-order valence-corrected chi connectivity index (χ4v) is 1.13. The minimum atomic E-state index is -0.658. The average molecular weight is 248 g/mol. The molecule has 1 aromatic rings. The van der Waals surface area contributed by atoms with Gasteiger partial charge in [-0.3, -0.25) is 9.59 Å². The van der Waals surface area contributed by atoms with Crippen LogP contribution >= 0.6 is 0 Å². The highest BCUT2D eigenvalue weighted by atomic mass is 16.5. The molecule has 0 saturated heterocycles. The molecule has 0 amide bonds. The van der Waals surface area contributed by atoms with E-state index in [1.54, 1.807) is 6.07 Å². The van der Waals surface area contributed by atoms with Gasteiger partial charge in [0.2, 0.25) is 0 Å². The fraction of sp³-hybridized carbons (Fsp3) is 0.154. The lowest BCUT2D eigenvalue weighted by molar-refractivity contribution is -0.137. The van der Waals surface area contributed by atoms with Crippen molar-refractivity contribution in [1.82, 2.24) is 0 Å². The van der Waals surface area contributed by atoms with Crippen LogP contribution in [0, 0.1) is 0 Å². The largest absolute Gasteiger partial charge is 0.426 e. The van der Waals surface area contributed by atoms with E-state index < -0.39 is 11.9 Å². The Bertz CT molecular complexity index is 490. The Morgan fingerprint density at radius 1 is 1.22 bits per heavy atom. The minimum absolute atomic E-state index is 0.204. The molecule has 0 spiro atoms. The number of rotatable bonds is 5. The van der Waals surface area contributed by atoms with E-state index in [4.69, 9.17) is 9.47 Å². The maximum Gasteiger partial charge on any atom is 0.335 e. The van der Waals surface area contributed by atoms with Gasteiger partial charge in [-0.15, -0.1) is 0 Å². The van der Waals surface area contributed by atoms with Crippen LogP contribution in [0.25, 0.3) is 0 Å². The van der Waals surface area contributed by atoms with Gasteiger partial charge >= 0.3 is 11.9 Å². The summed E-state index contributed by atoms with van der Waals surface area (Å²) in [7, 11) is 0. The summed E-state index contributed by atoms with van der Waals surface area (Å²) >= 11 is 0. The van der Waals surface area contributed by atoms with Gasteiger partial charge in [0, 0.05) is 12.1 Å². The smallest absolute Gasteiger partial charge is 0.335 e. The van der Waals surface area contributed by atoms with Gasteiger partial charge in [-0.25, -0.2) is 4.79 Å². The zero-order valence-corrected chi connectivity index (χ0v) is 9.84. The summed E-state index contributed by atoms with van der Waals surface area (Å²) in [5.74, 6) is -1.12. The zero-order valence-electron chi connectivity index (χ0n) is 9.84. The summed E-state index contributed by atoms with van der Waals surface area (Å²) in [6.07, 6.45) is 0.727. The van der Waals surface area contributed by atoms with Crippen LogP contribution in [0.15, 0.2) is 36.9 Å². The van der Waals surface area contributed by atoms with Crippen LogP contribution in [0.1, 0.15) is 13.3 Å². The first-order valence-corrected chi connectivity index (χ1v) is 5.15. The molecule has 0 bridgehead atoms. The van der Waals surface area contributed by atoms with Crippen molar-refractivity contribution < 1.29 is 23.9 Å². The van der Waals surface area contributed by atoms with Crippen molar-refractivity contribution >= 4 is 17.7 Å². The normalized spacial score (nSPS) is 9.39. The molecule has 0 fully saturated rings. The second-order valence-corrected chi connectivity index (χ2v) is 3.45. The molecule has 0 saturated carbocycles. The Morgan fingerprint density at radius 2 is 1.83 bits per heavy atom. The van der Waals surface area contributed by atoms with Gasteiger partial charge in [0.15, 0.2) is 0 Å². The second kappa shape index (κ2) is 6.34. The van der Waals surface area contributed by atoms with Gasteiger partial charge in [0.05, 0.1) is 0 Å². The average Bonchev–Trinajstić information content (AvgIpc) is 2.28. The van der Waals surface area contributed by atoms with Crippen molar-refractivity contribution in [2.45, 2.75) is 13.3 Å². The Morgan fingerprint density at radius 3 is 2.39 bits per heavy atom. The molecule has 1 aromatic carbocycles. The Labute approximate surface area is 104 Å². The van der Waals surface area contributed by atoms with Gasteiger partial charge in [-0.05, 0) is 19.1 Å². The molecule has 0 N–H and O–H groups in total. The topological polar surface area (TPSA) is 69.7 Å². The molecule has 0 aromatic heterocycles. The molecule has 0 unspecified atom stereocenters. The van der Waals surface area contributed by atoms with E-state index in [1.165, 1.54) is 25.1 Å². The minimum Gasteiger partial charge on any atom is -0.426 e. The van der Waals surface area contributed by atoms with Crippen molar-refractivity contribution in [3.05, 3.63) is 36.9 Å². The molecule has 0 radical (unpaired) electrons. The number of ether oxygens (including phenoxy) is 2. The van der Waals surface area contributed by atoms with Crippen LogP contribution in [0.4, 0.5) is 0 Å². The summed E-state index contributed by atoms with van der Waals surface area (Å²) < 4.78 is 9.76. The predicted octanol–water partition coefficient (Wildman–Crippen LogP) is 1.66. The van der Waals surface area contributed by atoms with Gasteiger partial charge < -0.3 is 9.47 Å². The monoisotopic (exact) mass is 248 g/mol. The lowest BCUT2D eigenvalue weighted by Gasteiger charge is -2.05. The van der Waals surface area contributed by atoms with Gasteiger partial charge in [0.1, 0.15) is 23.7 Å². The van der Waals surface area contributed by atoms with Crippen LogP contribution < -0.4 is 9.47 Å². The van der Waals surface area contributed by atoms with Crippen molar-refractivity contribution in [2.24, 2.45) is 0 Å². The third-order valence-electron chi connectivity index (χ3n) is 1.82. The highest BCUT2D eigenvalue weighted by molar-refractivity contribution is 5.95. The quantitative estimate of drug-likeness (QED) is 0.343. The predicted molar refractivity (Wildman–Crippen MR) is 63.2 cm³/mol. The maximum absolute atomic E-state index is 11.2. The van der Waals surface area contributed by atoms with Gasteiger partial charge in [-0.1, -0.05) is 12.6 Å². The molecule has 0 aliphatic carbocycles. The lowest BCUT2D eigenvalue weighted by atomic mass is 10.3. The number of carbonyl (C=O) groups excluding carboxylic acids is 3. The molecule has 0 aliphatic rings. The second-order valence-electron chi connectivity index (χ2n) is 3.45. The van der Waals surface area contributed by atoms with E-state index in [2.05, 4.69) is 6.58 Å². The molecule has 0 heterocycles. The first-order valence-electron chi connectivity index (χ1n) is 5.15. The van der Waals surface area contributed by atoms with Crippen LogP contribution in [0.2, 0.25) is 0 Å². The molecule has 5 nitrogen and oxygen atoms in total. The number of esters is 2. The SMILES string of the molecule is C=CC(=O)Oc1cccc(OC(=O)CC(C)=O)c1. The summed E-state index contributed by atoms with van der Waals surface area (Å²) in [5.41, 5.74) is 0. The molecular formula is C13H12O5. The summed E-state index contributed by atoms with van der Waals surface area (Å²) in [4.78, 5) is 32.9. The Balaban J connectivity index is 2.70.